The van der Waals surface area contributed by atoms with Gasteiger partial charge in [-0.15, -0.1) is 0 Å². The van der Waals surface area contributed by atoms with E-state index in [1.807, 2.05) is 12.5 Å². The van der Waals surface area contributed by atoms with E-state index in [0.717, 1.165) is 31.6 Å². The highest BCUT2D eigenvalue weighted by Gasteiger charge is 2.21. The molecule has 0 unspecified atom stereocenters. The summed E-state index contributed by atoms with van der Waals surface area (Å²) in [7, 11) is 3.29. The van der Waals surface area contributed by atoms with Gasteiger partial charge in [-0.3, -0.25) is 0 Å². The van der Waals surface area contributed by atoms with Gasteiger partial charge in [-0.25, -0.2) is 4.98 Å². The van der Waals surface area contributed by atoms with Crippen molar-refractivity contribution in [2.24, 2.45) is 0 Å². The molecule has 0 amide bonds. The summed E-state index contributed by atoms with van der Waals surface area (Å²) < 4.78 is 12.7. The molecule has 0 aliphatic carbocycles. The fourth-order valence-electron chi connectivity index (χ4n) is 2.23. The lowest BCUT2D eigenvalue weighted by Crippen LogP contribution is -2.30. The van der Waals surface area contributed by atoms with Crippen LogP contribution < -0.4 is 5.32 Å². The van der Waals surface area contributed by atoms with Gasteiger partial charge in [0.15, 0.2) is 6.29 Å². The van der Waals surface area contributed by atoms with Gasteiger partial charge >= 0.3 is 0 Å². The molecule has 2 heterocycles. The molecule has 2 rings (SSSR count). The molecule has 90 valence electrons. The molecule has 1 saturated heterocycles. The first kappa shape index (κ1) is 11.6. The van der Waals surface area contributed by atoms with Crippen LogP contribution in [0.3, 0.4) is 0 Å². The number of nitrogens with one attached hydrogen (secondary N) is 1. The summed E-state index contributed by atoms with van der Waals surface area (Å²) in [6.45, 7) is 2.12. The van der Waals surface area contributed by atoms with Gasteiger partial charge in [0.05, 0.1) is 18.2 Å². The topological polar surface area (TPSA) is 48.3 Å². The van der Waals surface area contributed by atoms with Crippen LogP contribution in [-0.4, -0.2) is 36.9 Å². The summed E-state index contributed by atoms with van der Waals surface area (Å²) in [5.74, 6) is 0. The molecule has 1 aromatic rings. The molecule has 1 fully saturated rings. The molecular formula is C11H19N3O2. The van der Waals surface area contributed by atoms with Crippen molar-refractivity contribution < 1.29 is 9.47 Å². The molecule has 0 atom stereocenters. The Hall–Kier alpha value is -0.910. The Bertz CT molecular complexity index is 317. The van der Waals surface area contributed by atoms with Crippen LogP contribution >= 0.6 is 0 Å². The van der Waals surface area contributed by atoms with E-state index in [0.29, 0.717) is 6.04 Å². The average molecular weight is 225 g/mol. The number of imidazole rings is 1. The summed E-state index contributed by atoms with van der Waals surface area (Å²) in [6, 6.07) is 0.506. The van der Waals surface area contributed by atoms with Crippen LogP contribution in [0.1, 0.15) is 30.9 Å². The van der Waals surface area contributed by atoms with Crippen molar-refractivity contribution in [3.8, 4) is 0 Å². The number of nitrogens with zero attached hydrogens (tertiary/aromatic N) is 2. The number of aromatic nitrogens is 2. The Morgan fingerprint density at radius 3 is 2.69 bits per heavy atom. The van der Waals surface area contributed by atoms with Crippen LogP contribution in [0.25, 0.3) is 0 Å². The van der Waals surface area contributed by atoms with Crippen molar-refractivity contribution in [1.29, 1.82) is 0 Å². The molecule has 1 N–H and O–H groups in total. The molecule has 5 heteroatoms. The van der Waals surface area contributed by atoms with Crippen LogP contribution in [0, 0.1) is 0 Å². The van der Waals surface area contributed by atoms with Crippen molar-refractivity contribution >= 4 is 0 Å². The molecule has 0 spiro atoms. The largest absolute Gasteiger partial charge is 0.350 e. The highest BCUT2D eigenvalue weighted by molar-refractivity contribution is 5.03. The van der Waals surface area contributed by atoms with E-state index in [1.54, 1.807) is 14.2 Å². The Morgan fingerprint density at radius 1 is 1.38 bits per heavy atom. The lowest BCUT2D eigenvalue weighted by molar-refractivity contribution is -0.111. The Labute approximate surface area is 95.8 Å². The number of methoxy groups -OCH3 is 2. The summed E-state index contributed by atoms with van der Waals surface area (Å²) in [5.41, 5.74) is 0.997. The third-order valence-electron chi connectivity index (χ3n) is 3.07. The molecule has 5 nitrogen and oxygen atoms in total. The first-order valence-corrected chi connectivity index (χ1v) is 5.65. The van der Waals surface area contributed by atoms with Gasteiger partial charge in [0.25, 0.3) is 0 Å². The maximum Gasteiger partial charge on any atom is 0.200 e. The molecule has 1 aromatic heterocycles. The second kappa shape index (κ2) is 5.43. The van der Waals surface area contributed by atoms with E-state index in [1.165, 1.54) is 0 Å². The number of hydrogen-bond donors (Lipinski definition) is 1. The zero-order valence-corrected chi connectivity index (χ0v) is 9.85. The average Bonchev–Trinajstić information content (AvgIpc) is 2.81. The van der Waals surface area contributed by atoms with Crippen LogP contribution in [-0.2, 0) is 9.47 Å². The van der Waals surface area contributed by atoms with Gasteiger partial charge in [-0.2, -0.15) is 0 Å². The van der Waals surface area contributed by atoms with Crippen LogP contribution in [0.5, 0.6) is 0 Å². The third kappa shape index (κ3) is 2.26. The SMILES string of the molecule is COC(OC)c1cncn1C1CCNCC1. The molecule has 1 aliphatic heterocycles. The second-order valence-corrected chi connectivity index (χ2v) is 4.01. The van der Waals surface area contributed by atoms with Crippen molar-refractivity contribution in [1.82, 2.24) is 14.9 Å². The standard InChI is InChI=1S/C11H19N3O2/c1-15-11(16-2)10-7-13-8-14(10)9-3-5-12-6-4-9/h7-9,11-12H,3-6H2,1-2H3. The molecular weight excluding hydrogens is 206 g/mol. The van der Waals surface area contributed by atoms with Crippen molar-refractivity contribution in [3.05, 3.63) is 18.2 Å². The van der Waals surface area contributed by atoms with E-state index >= 15 is 0 Å². The quantitative estimate of drug-likeness (QED) is 0.779. The first-order chi connectivity index (χ1) is 7.86. The van der Waals surface area contributed by atoms with Crippen LogP contribution in [0.15, 0.2) is 12.5 Å². The molecule has 0 radical (unpaired) electrons. The smallest absolute Gasteiger partial charge is 0.200 e. The van der Waals surface area contributed by atoms with Gasteiger partial charge in [0.1, 0.15) is 0 Å². The molecule has 1 aliphatic rings. The maximum atomic E-state index is 5.28. The third-order valence-corrected chi connectivity index (χ3v) is 3.07. The van der Waals surface area contributed by atoms with Gasteiger partial charge in [0.2, 0.25) is 0 Å². The first-order valence-electron chi connectivity index (χ1n) is 5.65. The minimum atomic E-state index is -0.322. The fraction of sp³-hybridized carbons (Fsp3) is 0.727. The number of hydrogen-bond acceptors (Lipinski definition) is 4. The van der Waals surface area contributed by atoms with Crippen molar-refractivity contribution in [2.75, 3.05) is 27.3 Å². The van der Waals surface area contributed by atoms with E-state index in [9.17, 15) is 0 Å². The molecule has 16 heavy (non-hydrogen) atoms. The molecule has 0 saturated carbocycles. The summed E-state index contributed by atoms with van der Waals surface area (Å²) in [6.07, 6.45) is 5.63. The maximum absolute atomic E-state index is 5.28. The zero-order chi connectivity index (χ0) is 11.4. The van der Waals surface area contributed by atoms with Crippen molar-refractivity contribution in [3.63, 3.8) is 0 Å². The number of piperidine rings is 1. The van der Waals surface area contributed by atoms with E-state index in [4.69, 9.17) is 9.47 Å². The Balaban J connectivity index is 2.16. The number of ether oxygens (including phenoxy) is 2. The highest BCUT2D eigenvalue weighted by atomic mass is 16.7. The lowest BCUT2D eigenvalue weighted by Gasteiger charge is -2.27. The van der Waals surface area contributed by atoms with E-state index in [2.05, 4.69) is 14.9 Å². The molecule has 0 aromatic carbocycles. The van der Waals surface area contributed by atoms with E-state index < -0.39 is 0 Å². The summed E-state index contributed by atoms with van der Waals surface area (Å²) >= 11 is 0. The van der Waals surface area contributed by atoms with Crippen molar-refractivity contribution in [2.45, 2.75) is 25.2 Å². The normalized spacial score (nSPS) is 18.2. The Kier molecular flexibility index (Phi) is 3.93. The zero-order valence-electron chi connectivity index (χ0n) is 9.85. The minimum Gasteiger partial charge on any atom is -0.350 e. The number of rotatable bonds is 4. The van der Waals surface area contributed by atoms with Gasteiger partial charge in [-0.1, -0.05) is 0 Å². The monoisotopic (exact) mass is 225 g/mol. The molecule has 0 bridgehead atoms. The predicted octanol–water partition coefficient (Wildman–Crippen LogP) is 1.10. The van der Waals surface area contributed by atoms with Gasteiger partial charge in [-0.05, 0) is 25.9 Å². The summed E-state index contributed by atoms with van der Waals surface area (Å²) in [4.78, 5) is 4.20. The van der Waals surface area contributed by atoms with E-state index in [-0.39, 0.29) is 6.29 Å². The summed E-state index contributed by atoms with van der Waals surface area (Å²) in [5, 5.41) is 3.36. The fourth-order valence-corrected chi connectivity index (χ4v) is 2.23. The van der Waals surface area contributed by atoms with Gasteiger partial charge in [0, 0.05) is 20.3 Å². The second-order valence-electron chi connectivity index (χ2n) is 4.01. The predicted molar refractivity (Wildman–Crippen MR) is 60.1 cm³/mol. The Morgan fingerprint density at radius 2 is 2.06 bits per heavy atom. The minimum absolute atomic E-state index is 0.322. The van der Waals surface area contributed by atoms with Crippen LogP contribution in [0.4, 0.5) is 0 Å². The van der Waals surface area contributed by atoms with Gasteiger partial charge < -0.3 is 19.4 Å². The van der Waals surface area contributed by atoms with Crippen LogP contribution in [0.2, 0.25) is 0 Å². The lowest BCUT2D eigenvalue weighted by atomic mass is 10.1. The highest BCUT2D eigenvalue weighted by Crippen LogP contribution is 2.25.